The predicted octanol–water partition coefficient (Wildman–Crippen LogP) is 0.385. The Labute approximate surface area is 117 Å². The van der Waals surface area contributed by atoms with Gasteiger partial charge in [-0.15, -0.1) is 0 Å². The van der Waals surface area contributed by atoms with Gasteiger partial charge in [-0.1, -0.05) is 0 Å². The van der Waals surface area contributed by atoms with E-state index in [2.05, 4.69) is 25.3 Å². The van der Waals surface area contributed by atoms with Crippen LogP contribution in [-0.4, -0.2) is 46.0 Å². The maximum Gasteiger partial charge on any atom is 0.239 e. The molecule has 0 radical (unpaired) electrons. The van der Waals surface area contributed by atoms with Gasteiger partial charge in [0.2, 0.25) is 11.9 Å². The molecular formula is C13H18N6O. The fraction of sp³-hybridized carbons (Fsp3) is 0.385. The van der Waals surface area contributed by atoms with E-state index in [-0.39, 0.29) is 12.5 Å². The van der Waals surface area contributed by atoms with Gasteiger partial charge in [-0.3, -0.25) is 4.79 Å². The number of aromatic amines is 1. The summed E-state index contributed by atoms with van der Waals surface area (Å²) in [6, 6.07) is 1.74. The average Bonchev–Trinajstić information content (AvgIpc) is 2.98. The third kappa shape index (κ3) is 4.34. The SMILES string of the molecule is CN(CC(=O)NCCCc1ncc[nH]1)c1ncccn1. The van der Waals surface area contributed by atoms with E-state index in [4.69, 9.17) is 0 Å². The number of nitrogens with one attached hydrogen (secondary N) is 2. The topological polar surface area (TPSA) is 86.8 Å². The lowest BCUT2D eigenvalue weighted by atomic mass is 10.3. The number of amides is 1. The number of hydrogen-bond acceptors (Lipinski definition) is 5. The predicted molar refractivity (Wildman–Crippen MR) is 75.2 cm³/mol. The molecule has 2 N–H and O–H groups in total. The second kappa shape index (κ2) is 7.22. The third-order valence-electron chi connectivity index (χ3n) is 2.74. The van der Waals surface area contributed by atoms with Crippen LogP contribution in [0.2, 0.25) is 0 Å². The van der Waals surface area contributed by atoms with Gasteiger partial charge in [0.15, 0.2) is 0 Å². The average molecular weight is 274 g/mol. The summed E-state index contributed by atoms with van der Waals surface area (Å²) in [5.41, 5.74) is 0. The lowest BCUT2D eigenvalue weighted by Crippen LogP contribution is -2.36. The minimum absolute atomic E-state index is 0.0422. The lowest BCUT2D eigenvalue weighted by Gasteiger charge is -2.15. The van der Waals surface area contributed by atoms with Crippen molar-refractivity contribution in [3.05, 3.63) is 36.7 Å². The Kier molecular flexibility index (Phi) is 5.05. The van der Waals surface area contributed by atoms with Crippen LogP contribution in [0.3, 0.4) is 0 Å². The van der Waals surface area contributed by atoms with Crippen molar-refractivity contribution in [3.63, 3.8) is 0 Å². The molecule has 0 saturated carbocycles. The molecule has 0 aliphatic carbocycles. The number of hydrogen-bond donors (Lipinski definition) is 2. The van der Waals surface area contributed by atoms with Crippen LogP contribution in [0.5, 0.6) is 0 Å². The summed E-state index contributed by atoms with van der Waals surface area (Å²) in [6.45, 7) is 0.869. The molecule has 0 aliphatic heterocycles. The maximum absolute atomic E-state index is 11.8. The van der Waals surface area contributed by atoms with Crippen molar-refractivity contribution in [1.29, 1.82) is 0 Å². The van der Waals surface area contributed by atoms with Crippen molar-refractivity contribution in [2.24, 2.45) is 0 Å². The summed E-state index contributed by atoms with van der Waals surface area (Å²) in [5.74, 6) is 1.44. The van der Waals surface area contributed by atoms with Crippen LogP contribution in [0.1, 0.15) is 12.2 Å². The van der Waals surface area contributed by atoms with Gasteiger partial charge in [-0.2, -0.15) is 0 Å². The molecule has 106 valence electrons. The molecule has 7 heteroatoms. The first-order chi connectivity index (χ1) is 9.75. The molecule has 0 aliphatic rings. The van der Waals surface area contributed by atoms with Crippen LogP contribution in [0.25, 0.3) is 0 Å². The van der Waals surface area contributed by atoms with Crippen LogP contribution in [0.4, 0.5) is 5.95 Å². The van der Waals surface area contributed by atoms with E-state index in [1.54, 1.807) is 42.8 Å². The number of aryl methyl sites for hydroxylation is 1. The van der Waals surface area contributed by atoms with E-state index >= 15 is 0 Å². The maximum atomic E-state index is 11.8. The number of likely N-dealkylation sites (N-methyl/N-ethyl adjacent to an activating group) is 1. The lowest BCUT2D eigenvalue weighted by molar-refractivity contribution is -0.119. The minimum atomic E-state index is -0.0422. The Bertz CT molecular complexity index is 513. The second-order valence-electron chi connectivity index (χ2n) is 4.39. The van der Waals surface area contributed by atoms with Gasteiger partial charge in [-0.25, -0.2) is 15.0 Å². The number of rotatable bonds is 7. The Hall–Kier alpha value is -2.44. The zero-order valence-corrected chi connectivity index (χ0v) is 11.4. The monoisotopic (exact) mass is 274 g/mol. The molecule has 2 heterocycles. The molecule has 0 atom stereocenters. The quantitative estimate of drug-likeness (QED) is 0.713. The number of H-pyrrole nitrogens is 1. The second-order valence-corrected chi connectivity index (χ2v) is 4.39. The molecule has 2 rings (SSSR count). The van der Waals surface area contributed by atoms with Crippen LogP contribution in [-0.2, 0) is 11.2 Å². The highest BCUT2D eigenvalue weighted by molar-refractivity contribution is 5.80. The molecule has 0 aromatic carbocycles. The van der Waals surface area contributed by atoms with Crippen molar-refractivity contribution in [3.8, 4) is 0 Å². The summed E-state index contributed by atoms with van der Waals surface area (Å²) < 4.78 is 0. The Morgan fingerprint density at radius 1 is 1.30 bits per heavy atom. The number of aromatic nitrogens is 4. The Balaban J connectivity index is 1.65. The van der Waals surface area contributed by atoms with E-state index < -0.39 is 0 Å². The molecule has 20 heavy (non-hydrogen) atoms. The van der Waals surface area contributed by atoms with E-state index in [1.807, 2.05) is 0 Å². The molecule has 2 aromatic heterocycles. The molecule has 1 amide bonds. The first kappa shape index (κ1) is 14.0. The third-order valence-corrected chi connectivity index (χ3v) is 2.74. The summed E-state index contributed by atoms with van der Waals surface area (Å²) >= 11 is 0. The van der Waals surface area contributed by atoms with Gasteiger partial charge in [0.05, 0.1) is 6.54 Å². The van der Waals surface area contributed by atoms with Crippen LogP contribution < -0.4 is 10.2 Å². The van der Waals surface area contributed by atoms with Gasteiger partial charge >= 0.3 is 0 Å². The normalized spacial score (nSPS) is 10.2. The van der Waals surface area contributed by atoms with E-state index in [1.165, 1.54) is 0 Å². The highest BCUT2D eigenvalue weighted by Crippen LogP contribution is 2.00. The van der Waals surface area contributed by atoms with Gasteiger partial charge < -0.3 is 15.2 Å². The van der Waals surface area contributed by atoms with Gasteiger partial charge in [0.25, 0.3) is 0 Å². The van der Waals surface area contributed by atoms with Crippen molar-refractivity contribution >= 4 is 11.9 Å². The number of carbonyl (C=O) groups excluding carboxylic acids is 1. The Morgan fingerprint density at radius 3 is 2.80 bits per heavy atom. The van der Waals surface area contributed by atoms with Crippen molar-refractivity contribution in [2.45, 2.75) is 12.8 Å². The Morgan fingerprint density at radius 2 is 2.10 bits per heavy atom. The molecule has 2 aromatic rings. The molecular weight excluding hydrogens is 256 g/mol. The number of imidazole rings is 1. The summed E-state index contributed by atoms with van der Waals surface area (Å²) in [4.78, 5) is 28.8. The number of nitrogens with zero attached hydrogens (tertiary/aromatic N) is 4. The standard InChI is InChI=1S/C13H18N6O/c1-19(13-17-6-3-7-18-13)10-12(20)16-5-2-4-11-14-8-9-15-11/h3,6-9H,2,4-5,10H2,1H3,(H,14,15)(H,16,20). The smallest absolute Gasteiger partial charge is 0.239 e. The zero-order valence-electron chi connectivity index (χ0n) is 11.4. The van der Waals surface area contributed by atoms with Gasteiger partial charge in [-0.05, 0) is 12.5 Å². The highest BCUT2D eigenvalue weighted by atomic mass is 16.2. The molecule has 0 fully saturated rings. The first-order valence-corrected chi connectivity index (χ1v) is 6.49. The first-order valence-electron chi connectivity index (χ1n) is 6.49. The van der Waals surface area contributed by atoms with Gasteiger partial charge in [0.1, 0.15) is 5.82 Å². The van der Waals surface area contributed by atoms with Crippen LogP contribution >= 0.6 is 0 Å². The zero-order chi connectivity index (χ0) is 14.2. The molecule has 7 nitrogen and oxygen atoms in total. The summed E-state index contributed by atoms with van der Waals surface area (Å²) in [6.07, 6.45) is 8.50. The fourth-order valence-corrected chi connectivity index (χ4v) is 1.75. The van der Waals surface area contributed by atoms with Crippen molar-refractivity contribution < 1.29 is 4.79 Å². The van der Waals surface area contributed by atoms with Crippen LogP contribution in [0, 0.1) is 0 Å². The highest BCUT2D eigenvalue weighted by Gasteiger charge is 2.08. The molecule has 0 unspecified atom stereocenters. The van der Waals surface area contributed by atoms with E-state index in [0.717, 1.165) is 18.7 Å². The summed E-state index contributed by atoms with van der Waals surface area (Å²) in [7, 11) is 1.79. The molecule has 0 spiro atoms. The number of carbonyl (C=O) groups is 1. The minimum Gasteiger partial charge on any atom is -0.355 e. The fourth-order valence-electron chi connectivity index (χ4n) is 1.75. The largest absolute Gasteiger partial charge is 0.355 e. The molecule has 0 saturated heterocycles. The summed E-state index contributed by atoms with van der Waals surface area (Å²) in [5, 5.41) is 2.87. The van der Waals surface area contributed by atoms with Crippen LogP contribution in [0.15, 0.2) is 30.9 Å². The van der Waals surface area contributed by atoms with E-state index in [0.29, 0.717) is 12.5 Å². The van der Waals surface area contributed by atoms with Crippen molar-refractivity contribution in [1.82, 2.24) is 25.3 Å². The number of anilines is 1. The van der Waals surface area contributed by atoms with Gasteiger partial charge in [0, 0.05) is 44.8 Å². The van der Waals surface area contributed by atoms with Crippen molar-refractivity contribution in [2.75, 3.05) is 25.0 Å². The molecule has 0 bridgehead atoms. The van der Waals surface area contributed by atoms with E-state index in [9.17, 15) is 4.79 Å².